The van der Waals surface area contributed by atoms with Gasteiger partial charge in [-0.2, -0.15) is 0 Å². The van der Waals surface area contributed by atoms with E-state index >= 15 is 0 Å². The second kappa shape index (κ2) is 6.87. The van der Waals surface area contributed by atoms with Crippen LogP contribution < -0.4 is 0 Å². The fourth-order valence-electron chi connectivity index (χ4n) is 2.21. The number of rotatable bonds is 5. The van der Waals surface area contributed by atoms with Gasteiger partial charge in [0, 0.05) is 27.2 Å². The molecule has 2 nitrogen and oxygen atoms in total. The van der Waals surface area contributed by atoms with Crippen LogP contribution in [-0.2, 0) is 4.74 Å². The Balaban J connectivity index is 1.85. The van der Waals surface area contributed by atoms with E-state index in [1.54, 1.807) is 6.07 Å². The van der Waals surface area contributed by atoms with Crippen molar-refractivity contribution in [1.29, 1.82) is 0 Å². The zero-order valence-corrected chi connectivity index (χ0v) is 13.0. The third-order valence-corrected chi connectivity index (χ3v) is 4.36. The lowest BCUT2D eigenvalue weighted by atomic mass is 10.0. The molecule has 0 saturated carbocycles. The van der Waals surface area contributed by atoms with Gasteiger partial charge in [0.05, 0.1) is 6.10 Å². The van der Waals surface area contributed by atoms with Crippen molar-refractivity contribution < 1.29 is 9.53 Å². The molecule has 4 heteroatoms. The van der Waals surface area contributed by atoms with E-state index < -0.39 is 0 Å². The molecule has 0 radical (unpaired) electrons. The Hall–Kier alpha value is -0.130. The van der Waals surface area contributed by atoms with Crippen molar-refractivity contribution in [3.05, 3.63) is 32.4 Å². The molecule has 1 fully saturated rings. The maximum atomic E-state index is 12.1. The first-order valence-electron chi connectivity index (χ1n) is 6.26. The van der Waals surface area contributed by atoms with Crippen LogP contribution in [0.4, 0.5) is 0 Å². The molecule has 2 rings (SSSR count). The minimum Gasteiger partial charge on any atom is -0.378 e. The van der Waals surface area contributed by atoms with Crippen molar-refractivity contribution in [2.45, 2.75) is 38.2 Å². The van der Waals surface area contributed by atoms with Crippen LogP contribution in [0.25, 0.3) is 0 Å². The molecular weight excluding hydrogens is 363 g/mol. The van der Waals surface area contributed by atoms with Gasteiger partial charge < -0.3 is 4.74 Å². The Morgan fingerprint density at radius 3 is 3.06 bits per heavy atom. The lowest BCUT2D eigenvalue weighted by Crippen LogP contribution is -2.07. The van der Waals surface area contributed by atoms with Crippen molar-refractivity contribution in [1.82, 2.24) is 0 Å². The predicted molar refractivity (Wildman–Crippen MR) is 81.3 cm³/mol. The van der Waals surface area contributed by atoms with Gasteiger partial charge in [0.2, 0.25) is 0 Å². The number of carbonyl (C=O) groups excluding carboxylic acids is 1. The van der Waals surface area contributed by atoms with Crippen LogP contribution in [0, 0.1) is 3.57 Å². The standard InChI is InChI=1S/C14H16ClIO2/c15-10-6-7-13(16)12(9-10)14(17)5-1-3-11-4-2-8-18-11/h6-7,9,11H,1-5,8H2. The number of hydrogen-bond donors (Lipinski definition) is 0. The maximum absolute atomic E-state index is 12.1. The van der Waals surface area contributed by atoms with E-state index in [1.165, 1.54) is 0 Å². The lowest BCUT2D eigenvalue weighted by Gasteiger charge is -2.09. The average Bonchev–Trinajstić information content (AvgIpc) is 2.85. The van der Waals surface area contributed by atoms with E-state index in [0.29, 0.717) is 17.5 Å². The summed E-state index contributed by atoms with van der Waals surface area (Å²) >= 11 is 8.10. The Morgan fingerprint density at radius 2 is 2.33 bits per heavy atom. The summed E-state index contributed by atoms with van der Waals surface area (Å²) in [5, 5.41) is 0.623. The lowest BCUT2D eigenvalue weighted by molar-refractivity contribution is 0.0922. The van der Waals surface area contributed by atoms with E-state index in [-0.39, 0.29) is 5.78 Å². The van der Waals surface area contributed by atoms with Crippen LogP contribution in [0.2, 0.25) is 5.02 Å². The molecular formula is C14H16ClIO2. The molecule has 0 bridgehead atoms. The highest BCUT2D eigenvalue weighted by atomic mass is 127. The topological polar surface area (TPSA) is 26.3 Å². The third-order valence-electron chi connectivity index (χ3n) is 3.18. The van der Waals surface area contributed by atoms with Gasteiger partial charge in [-0.1, -0.05) is 11.6 Å². The summed E-state index contributed by atoms with van der Waals surface area (Å²) < 4.78 is 6.52. The SMILES string of the molecule is O=C(CCCC1CCCO1)c1cc(Cl)ccc1I. The van der Waals surface area contributed by atoms with Crippen molar-refractivity contribution in [2.75, 3.05) is 6.61 Å². The van der Waals surface area contributed by atoms with Gasteiger partial charge in [-0.15, -0.1) is 0 Å². The van der Waals surface area contributed by atoms with Crippen LogP contribution in [0.15, 0.2) is 18.2 Å². The Labute approximate surface area is 126 Å². The number of ether oxygens (including phenoxy) is 1. The fraction of sp³-hybridized carbons (Fsp3) is 0.500. The van der Waals surface area contributed by atoms with Gasteiger partial charge in [0.15, 0.2) is 5.78 Å². The molecule has 0 aliphatic carbocycles. The van der Waals surface area contributed by atoms with Gasteiger partial charge in [-0.3, -0.25) is 4.79 Å². The largest absolute Gasteiger partial charge is 0.378 e. The summed E-state index contributed by atoms with van der Waals surface area (Å²) in [6.45, 7) is 0.880. The van der Waals surface area contributed by atoms with Gasteiger partial charge in [-0.05, 0) is 66.5 Å². The van der Waals surface area contributed by atoms with E-state index in [9.17, 15) is 4.79 Å². The molecule has 1 heterocycles. The van der Waals surface area contributed by atoms with Gasteiger partial charge >= 0.3 is 0 Å². The first kappa shape index (κ1) is 14.3. The third kappa shape index (κ3) is 3.93. The molecule has 0 spiro atoms. The summed E-state index contributed by atoms with van der Waals surface area (Å²) in [6.07, 6.45) is 5.13. The highest BCUT2D eigenvalue weighted by Gasteiger charge is 2.16. The molecule has 1 atom stereocenters. The molecule has 0 amide bonds. The fourth-order valence-corrected chi connectivity index (χ4v) is 3.02. The highest BCUT2D eigenvalue weighted by Crippen LogP contribution is 2.22. The van der Waals surface area contributed by atoms with Crippen molar-refractivity contribution in [3.63, 3.8) is 0 Å². The number of Topliss-reactive ketones (excluding diaryl/α,β-unsaturated/α-hetero) is 1. The Kier molecular flexibility index (Phi) is 5.45. The molecule has 1 aromatic rings. The monoisotopic (exact) mass is 378 g/mol. The van der Waals surface area contributed by atoms with Crippen LogP contribution in [0.5, 0.6) is 0 Å². The molecule has 1 aliphatic heterocycles. The van der Waals surface area contributed by atoms with Crippen molar-refractivity contribution in [2.24, 2.45) is 0 Å². The molecule has 1 saturated heterocycles. The summed E-state index contributed by atoms with van der Waals surface area (Å²) in [7, 11) is 0. The molecule has 0 aromatic heterocycles. The molecule has 1 aromatic carbocycles. The van der Waals surface area contributed by atoms with E-state index in [2.05, 4.69) is 22.6 Å². The smallest absolute Gasteiger partial charge is 0.163 e. The molecule has 0 N–H and O–H groups in total. The van der Waals surface area contributed by atoms with Gasteiger partial charge in [0.25, 0.3) is 0 Å². The zero-order chi connectivity index (χ0) is 13.0. The normalized spacial score (nSPS) is 19.1. The minimum atomic E-state index is 0.180. The first-order chi connectivity index (χ1) is 8.66. The maximum Gasteiger partial charge on any atom is 0.163 e. The summed E-state index contributed by atoms with van der Waals surface area (Å²) in [4.78, 5) is 12.1. The average molecular weight is 379 g/mol. The second-order valence-corrected chi connectivity index (χ2v) is 6.17. The van der Waals surface area contributed by atoms with Crippen LogP contribution >= 0.6 is 34.2 Å². The summed E-state index contributed by atoms with van der Waals surface area (Å²) in [5.41, 5.74) is 0.746. The van der Waals surface area contributed by atoms with E-state index in [0.717, 1.165) is 41.4 Å². The molecule has 98 valence electrons. The summed E-state index contributed by atoms with van der Waals surface area (Å²) in [6, 6.07) is 5.46. The highest BCUT2D eigenvalue weighted by molar-refractivity contribution is 14.1. The first-order valence-corrected chi connectivity index (χ1v) is 7.72. The van der Waals surface area contributed by atoms with E-state index in [1.807, 2.05) is 12.1 Å². The van der Waals surface area contributed by atoms with E-state index in [4.69, 9.17) is 16.3 Å². The number of carbonyl (C=O) groups is 1. The molecule has 1 aliphatic rings. The quantitative estimate of drug-likeness (QED) is 0.558. The van der Waals surface area contributed by atoms with Crippen LogP contribution in [0.1, 0.15) is 42.5 Å². The van der Waals surface area contributed by atoms with Gasteiger partial charge in [-0.25, -0.2) is 0 Å². The van der Waals surface area contributed by atoms with Gasteiger partial charge in [0.1, 0.15) is 0 Å². The molecule has 1 unspecified atom stereocenters. The Bertz CT molecular complexity index is 428. The summed E-state index contributed by atoms with van der Waals surface area (Å²) in [5.74, 6) is 0.180. The number of benzene rings is 1. The zero-order valence-electron chi connectivity index (χ0n) is 10.1. The van der Waals surface area contributed by atoms with Crippen molar-refractivity contribution >= 4 is 40.0 Å². The predicted octanol–water partition coefficient (Wildman–Crippen LogP) is 4.48. The number of hydrogen-bond acceptors (Lipinski definition) is 2. The van der Waals surface area contributed by atoms with Crippen LogP contribution in [0.3, 0.4) is 0 Å². The van der Waals surface area contributed by atoms with Crippen molar-refractivity contribution in [3.8, 4) is 0 Å². The minimum absolute atomic E-state index is 0.180. The molecule has 18 heavy (non-hydrogen) atoms. The number of ketones is 1. The second-order valence-electron chi connectivity index (χ2n) is 4.57. The Morgan fingerprint density at radius 1 is 1.50 bits per heavy atom. The number of halogens is 2. The van der Waals surface area contributed by atoms with Crippen LogP contribution in [-0.4, -0.2) is 18.5 Å².